The van der Waals surface area contributed by atoms with Gasteiger partial charge in [0, 0.05) is 12.7 Å². The molecule has 0 atom stereocenters. The summed E-state index contributed by atoms with van der Waals surface area (Å²) in [4.78, 5) is 27.1. The first kappa shape index (κ1) is 18.3. The number of nitrogens with zero attached hydrogens (tertiary/aromatic N) is 1. The third kappa shape index (κ3) is 4.94. The predicted octanol–water partition coefficient (Wildman–Crippen LogP) is 2.16. The van der Waals surface area contributed by atoms with E-state index in [2.05, 4.69) is 10.3 Å². The van der Waals surface area contributed by atoms with Crippen LogP contribution in [0.25, 0.3) is 0 Å². The lowest BCUT2D eigenvalue weighted by Crippen LogP contribution is -2.26. The summed E-state index contributed by atoms with van der Waals surface area (Å²) in [6.45, 7) is 2.45. The average Bonchev–Trinajstić information content (AvgIpc) is 2.62. The molecule has 7 heteroatoms. The zero-order valence-electron chi connectivity index (χ0n) is 14.1. The lowest BCUT2D eigenvalue weighted by Gasteiger charge is -2.09. The average molecular weight is 344 g/mol. The second-order valence-corrected chi connectivity index (χ2v) is 5.16. The van der Waals surface area contributed by atoms with E-state index >= 15 is 0 Å². The molecular weight excluding hydrogens is 324 g/mol. The summed E-state index contributed by atoms with van der Waals surface area (Å²) >= 11 is 0. The van der Waals surface area contributed by atoms with Gasteiger partial charge in [-0.1, -0.05) is 12.1 Å². The Labute approximate surface area is 145 Å². The van der Waals surface area contributed by atoms with Crippen molar-refractivity contribution in [2.24, 2.45) is 0 Å². The van der Waals surface area contributed by atoms with E-state index in [0.29, 0.717) is 13.0 Å². The fourth-order valence-electron chi connectivity index (χ4n) is 2.21. The van der Waals surface area contributed by atoms with Crippen LogP contribution in [0.1, 0.15) is 33.3 Å². The minimum Gasteiger partial charge on any atom is -0.497 e. The fraction of sp³-hybridized carbons (Fsp3) is 0.278. The van der Waals surface area contributed by atoms with E-state index < -0.39 is 5.97 Å². The van der Waals surface area contributed by atoms with Crippen LogP contribution in [-0.2, 0) is 6.42 Å². The fourth-order valence-corrected chi connectivity index (χ4v) is 2.21. The Morgan fingerprint density at radius 1 is 1.24 bits per heavy atom. The number of carbonyl (C=O) groups is 2. The van der Waals surface area contributed by atoms with E-state index in [9.17, 15) is 9.59 Å². The van der Waals surface area contributed by atoms with Gasteiger partial charge in [-0.05, 0) is 37.1 Å². The molecule has 0 aliphatic carbocycles. The van der Waals surface area contributed by atoms with Crippen LogP contribution in [0.15, 0.2) is 36.5 Å². The molecule has 2 rings (SSSR count). The lowest BCUT2D eigenvalue weighted by atomic mass is 10.1. The maximum atomic E-state index is 12.2. The third-order valence-electron chi connectivity index (χ3n) is 3.48. The van der Waals surface area contributed by atoms with Crippen molar-refractivity contribution in [3.05, 3.63) is 53.3 Å². The Bertz CT molecular complexity index is 744. The van der Waals surface area contributed by atoms with Gasteiger partial charge in [-0.25, -0.2) is 9.78 Å². The van der Waals surface area contributed by atoms with Crippen molar-refractivity contribution >= 4 is 11.9 Å². The van der Waals surface area contributed by atoms with Crippen LogP contribution in [0.4, 0.5) is 0 Å². The normalized spacial score (nSPS) is 10.2. The number of carboxylic acids is 1. The van der Waals surface area contributed by atoms with Gasteiger partial charge in [0.25, 0.3) is 5.91 Å². The molecular formula is C18H20N2O5. The van der Waals surface area contributed by atoms with E-state index in [1.807, 2.05) is 24.3 Å². The molecule has 0 aliphatic heterocycles. The molecule has 0 fully saturated rings. The van der Waals surface area contributed by atoms with E-state index in [1.165, 1.54) is 12.3 Å². The van der Waals surface area contributed by atoms with Gasteiger partial charge in [-0.15, -0.1) is 0 Å². The minimum atomic E-state index is -1.20. The molecule has 0 unspecified atom stereocenters. The quantitative estimate of drug-likeness (QED) is 0.761. The van der Waals surface area contributed by atoms with Crippen LogP contribution in [0.5, 0.6) is 11.5 Å². The molecule has 2 N–H and O–H groups in total. The molecule has 1 amide bonds. The van der Waals surface area contributed by atoms with Crippen molar-refractivity contribution in [1.29, 1.82) is 0 Å². The van der Waals surface area contributed by atoms with Gasteiger partial charge in [0.1, 0.15) is 5.75 Å². The highest BCUT2D eigenvalue weighted by Crippen LogP contribution is 2.18. The monoisotopic (exact) mass is 344 g/mol. The highest BCUT2D eigenvalue weighted by Gasteiger charge is 2.16. The summed E-state index contributed by atoms with van der Waals surface area (Å²) in [5, 5.41) is 11.9. The molecule has 0 aliphatic rings. The van der Waals surface area contributed by atoms with Gasteiger partial charge in [0.2, 0.25) is 0 Å². The van der Waals surface area contributed by atoms with Crippen molar-refractivity contribution in [2.45, 2.75) is 13.3 Å². The molecule has 1 heterocycles. The Balaban J connectivity index is 1.97. The Morgan fingerprint density at radius 2 is 1.96 bits per heavy atom. The Hall–Kier alpha value is -3.09. The first-order valence-electron chi connectivity index (χ1n) is 7.82. The number of carboxylic acid groups (broad SMARTS) is 1. The molecule has 0 bridgehead atoms. The number of nitrogens with one attached hydrogen (secondary N) is 1. The van der Waals surface area contributed by atoms with Crippen LogP contribution in [0, 0.1) is 0 Å². The van der Waals surface area contributed by atoms with Crippen molar-refractivity contribution in [2.75, 3.05) is 20.3 Å². The zero-order chi connectivity index (χ0) is 18.2. The molecule has 2 aromatic rings. The molecule has 0 saturated carbocycles. The molecule has 0 radical (unpaired) electrons. The SMILES string of the molecule is CCOc1cc(C(=O)NCCc2ccc(OC)cc2)cnc1C(=O)O. The van der Waals surface area contributed by atoms with Gasteiger partial charge >= 0.3 is 5.97 Å². The maximum absolute atomic E-state index is 12.2. The highest BCUT2D eigenvalue weighted by molar-refractivity contribution is 5.96. The van der Waals surface area contributed by atoms with Crippen LogP contribution in [-0.4, -0.2) is 42.2 Å². The number of carbonyl (C=O) groups excluding carboxylic acids is 1. The van der Waals surface area contributed by atoms with Gasteiger partial charge in [0.05, 0.1) is 19.3 Å². The summed E-state index contributed by atoms with van der Waals surface area (Å²) in [6, 6.07) is 8.98. The summed E-state index contributed by atoms with van der Waals surface area (Å²) in [7, 11) is 1.61. The first-order valence-corrected chi connectivity index (χ1v) is 7.82. The largest absolute Gasteiger partial charge is 0.497 e. The van der Waals surface area contributed by atoms with Crippen molar-refractivity contribution in [3.63, 3.8) is 0 Å². The van der Waals surface area contributed by atoms with E-state index in [-0.39, 0.29) is 29.5 Å². The summed E-state index contributed by atoms with van der Waals surface area (Å²) in [6.07, 6.45) is 1.89. The number of aromatic carboxylic acids is 1. The summed E-state index contributed by atoms with van der Waals surface area (Å²) in [5.74, 6) is -0.674. The van der Waals surface area contributed by atoms with Gasteiger partial charge < -0.3 is 19.9 Å². The number of rotatable bonds is 8. The molecule has 0 saturated heterocycles. The molecule has 7 nitrogen and oxygen atoms in total. The third-order valence-corrected chi connectivity index (χ3v) is 3.48. The number of benzene rings is 1. The van der Waals surface area contributed by atoms with Gasteiger partial charge in [-0.3, -0.25) is 4.79 Å². The number of ether oxygens (including phenoxy) is 2. The number of pyridine rings is 1. The molecule has 1 aromatic heterocycles. The molecule has 132 valence electrons. The Morgan fingerprint density at radius 3 is 2.56 bits per heavy atom. The lowest BCUT2D eigenvalue weighted by molar-refractivity contribution is 0.0684. The smallest absolute Gasteiger partial charge is 0.358 e. The topological polar surface area (TPSA) is 97.8 Å². The van der Waals surface area contributed by atoms with Crippen LogP contribution >= 0.6 is 0 Å². The van der Waals surface area contributed by atoms with E-state index in [4.69, 9.17) is 14.6 Å². The van der Waals surface area contributed by atoms with Crippen LogP contribution in [0.2, 0.25) is 0 Å². The highest BCUT2D eigenvalue weighted by atomic mass is 16.5. The van der Waals surface area contributed by atoms with Crippen LogP contribution in [0.3, 0.4) is 0 Å². The second kappa shape index (κ2) is 8.68. The standard InChI is InChI=1S/C18H20N2O5/c1-3-25-15-10-13(11-20-16(15)18(22)23)17(21)19-9-8-12-4-6-14(24-2)7-5-12/h4-7,10-11H,3,8-9H2,1-2H3,(H,19,21)(H,22,23). The number of methoxy groups -OCH3 is 1. The molecule has 1 aromatic carbocycles. The van der Waals surface area contributed by atoms with E-state index in [0.717, 1.165) is 11.3 Å². The van der Waals surface area contributed by atoms with Crippen molar-refractivity contribution < 1.29 is 24.2 Å². The van der Waals surface area contributed by atoms with E-state index in [1.54, 1.807) is 14.0 Å². The van der Waals surface area contributed by atoms with Crippen LogP contribution < -0.4 is 14.8 Å². The number of hydrogen-bond donors (Lipinski definition) is 2. The van der Waals surface area contributed by atoms with Crippen molar-refractivity contribution in [1.82, 2.24) is 10.3 Å². The maximum Gasteiger partial charge on any atom is 0.358 e. The number of aromatic nitrogens is 1. The van der Waals surface area contributed by atoms with Crippen molar-refractivity contribution in [3.8, 4) is 11.5 Å². The molecule has 0 spiro atoms. The zero-order valence-corrected chi connectivity index (χ0v) is 14.1. The second-order valence-electron chi connectivity index (χ2n) is 5.16. The summed E-state index contributed by atoms with van der Waals surface area (Å²) < 4.78 is 10.3. The number of amides is 1. The minimum absolute atomic E-state index is 0.0813. The first-order chi connectivity index (χ1) is 12.0. The summed E-state index contributed by atoms with van der Waals surface area (Å²) in [5.41, 5.74) is 1.11. The Kier molecular flexibility index (Phi) is 6.33. The predicted molar refractivity (Wildman–Crippen MR) is 91.4 cm³/mol. The number of hydrogen-bond acceptors (Lipinski definition) is 5. The van der Waals surface area contributed by atoms with Gasteiger partial charge in [-0.2, -0.15) is 0 Å². The molecule has 25 heavy (non-hydrogen) atoms. The van der Waals surface area contributed by atoms with Gasteiger partial charge in [0.15, 0.2) is 11.4 Å².